The third-order valence-electron chi connectivity index (χ3n) is 3.20. The first kappa shape index (κ1) is 13.0. The largest absolute Gasteiger partial charge is 0.364 e. The Labute approximate surface area is 120 Å². The van der Waals surface area contributed by atoms with Crippen molar-refractivity contribution in [2.45, 2.75) is 13.1 Å². The number of nitro groups is 1. The number of rotatable bonds is 4. The van der Waals surface area contributed by atoms with Crippen LogP contribution >= 0.6 is 0 Å². The molecular weight excluding hydrogens is 270 g/mol. The fourth-order valence-corrected chi connectivity index (χ4v) is 2.15. The molecule has 0 radical (unpaired) electrons. The lowest BCUT2D eigenvalue weighted by Crippen LogP contribution is -2.16. The van der Waals surface area contributed by atoms with Crippen molar-refractivity contribution in [3.05, 3.63) is 58.6 Å². The number of para-hydroxylation sites is 1. The predicted molar refractivity (Wildman–Crippen MR) is 79.0 cm³/mol. The minimum Gasteiger partial charge on any atom is -0.364 e. The van der Waals surface area contributed by atoms with Crippen LogP contribution in [-0.4, -0.2) is 19.9 Å². The van der Waals surface area contributed by atoms with E-state index in [1.54, 1.807) is 16.8 Å². The fourth-order valence-electron chi connectivity index (χ4n) is 2.15. The normalized spacial score (nSPS) is 12.2. The molecule has 0 aliphatic carbocycles. The first-order chi connectivity index (χ1) is 10.1. The van der Waals surface area contributed by atoms with Crippen LogP contribution in [0.25, 0.3) is 11.0 Å². The van der Waals surface area contributed by atoms with E-state index in [-0.39, 0.29) is 11.9 Å². The smallest absolute Gasteiger partial charge is 0.269 e. The quantitative estimate of drug-likeness (QED) is 0.587. The van der Waals surface area contributed by atoms with Crippen molar-refractivity contribution in [2.75, 3.05) is 5.32 Å². The molecule has 0 spiro atoms. The van der Waals surface area contributed by atoms with E-state index in [1.807, 2.05) is 31.2 Å². The third kappa shape index (κ3) is 2.53. The average Bonchev–Trinajstić information content (AvgIpc) is 2.92. The van der Waals surface area contributed by atoms with Crippen molar-refractivity contribution in [1.82, 2.24) is 15.0 Å². The van der Waals surface area contributed by atoms with E-state index in [0.717, 1.165) is 16.7 Å². The Morgan fingerprint density at radius 2 is 1.90 bits per heavy atom. The van der Waals surface area contributed by atoms with Gasteiger partial charge in [-0.05, 0) is 31.2 Å². The molecule has 0 saturated carbocycles. The number of fused-ring (bicyclic) bond motifs is 1. The van der Waals surface area contributed by atoms with E-state index in [1.165, 1.54) is 12.1 Å². The van der Waals surface area contributed by atoms with Crippen LogP contribution in [0.4, 0.5) is 11.4 Å². The fraction of sp³-hybridized carbons (Fsp3) is 0.143. The van der Waals surface area contributed by atoms with Gasteiger partial charge in [-0.1, -0.05) is 17.3 Å². The molecule has 1 atom stereocenters. The van der Waals surface area contributed by atoms with Crippen molar-refractivity contribution in [3.8, 4) is 0 Å². The van der Waals surface area contributed by atoms with E-state index in [4.69, 9.17) is 0 Å². The van der Waals surface area contributed by atoms with Crippen LogP contribution in [0.1, 0.15) is 13.1 Å². The molecule has 0 saturated heterocycles. The summed E-state index contributed by atoms with van der Waals surface area (Å²) < 4.78 is 1.77. The topological polar surface area (TPSA) is 85.9 Å². The number of benzene rings is 2. The van der Waals surface area contributed by atoms with Crippen molar-refractivity contribution in [3.63, 3.8) is 0 Å². The van der Waals surface area contributed by atoms with E-state index >= 15 is 0 Å². The Morgan fingerprint density at radius 1 is 1.19 bits per heavy atom. The molecule has 1 unspecified atom stereocenters. The molecule has 1 heterocycles. The zero-order valence-corrected chi connectivity index (χ0v) is 11.3. The molecule has 106 valence electrons. The Morgan fingerprint density at radius 3 is 2.62 bits per heavy atom. The summed E-state index contributed by atoms with van der Waals surface area (Å²) in [5, 5.41) is 22.1. The molecule has 1 aromatic heterocycles. The van der Waals surface area contributed by atoms with Crippen LogP contribution in [0.2, 0.25) is 0 Å². The zero-order valence-electron chi connectivity index (χ0n) is 11.3. The molecule has 0 fully saturated rings. The van der Waals surface area contributed by atoms with Gasteiger partial charge in [0.25, 0.3) is 5.69 Å². The first-order valence-corrected chi connectivity index (χ1v) is 6.46. The SMILES string of the molecule is CC(Nc1ccc([N+](=O)[O-])cc1)n1nnc2ccccc21. The molecule has 7 heteroatoms. The minimum atomic E-state index is -0.419. The summed E-state index contributed by atoms with van der Waals surface area (Å²) in [6.45, 7) is 1.95. The van der Waals surface area contributed by atoms with Gasteiger partial charge in [-0.3, -0.25) is 10.1 Å². The van der Waals surface area contributed by atoms with Gasteiger partial charge in [-0.2, -0.15) is 0 Å². The van der Waals surface area contributed by atoms with Crippen LogP contribution in [0.3, 0.4) is 0 Å². The molecule has 0 bridgehead atoms. The van der Waals surface area contributed by atoms with Crippen LogP contribution < -0.4 is 5.32 Å². The molecule has 0 aliphatic heterocycles. The standard InChI is InChI=1S/C14H13N5O2/c1-10(15-11-6-8-12(9-7-11)19(20)21)18-14-5-3-2-4-13(14)16-17-18/h2-10,15H,1H3. The highest BCUT2D eigenvalue weighted by atomic mass is 16.6. The van der Waals surface area contributed by atoms with Gasteiger partial charge >= 0.3 is 0 Å². The molecule has 3 aromatic rings. The van der Waals surface area contributed by atoms with Gasteiger partial charge in [0.2, 0.25) is 0 Å². The maximum atomic E-state index is 10.6. The average molecular weight is 283 g/mol. The Hall–Kier alpha value is -2.96. The summed E-state index contributed by atoms with van der Waals surface area (Å²) in [6, 6.07) is 14.0. The number of anilines is 1. The van der Waals surface area contributed by atoms with Gasteiger partial charge in [0.15, 0.2) is 0 Å². The highest BCUT2D eigenvalue weighted by molar-refractivity contribution is 5.74. The molecule has 7 nitrogen and oxygen atoms in total. The van der Waals surface area contributed by atoms with Gasteiger partial charge in [-0.15, -0.1) is 5.10 Å². The summed E-state index contributed by atoms with van der Waals surface area (Å²) in [5.41, 5.74) is 2.61. The Bertz CT molecular complexity index is 781. The molecular formula is C14H13N5O2. The highest BCUT2D eigenvalue weighted by Gasteiger charge is 2.11. The molecule has 0 amide bonds. The lowest BCUT2D eigenvalue weighted by Gasteiger charge is -2.15. The first-order valence-electron chi connectivity index (χ1n) is 6.46. The monoisotopic (exact) mass is 283 g/mol. The number of nitrogens with zero attached hydrogens (tertiary/aromatic N) is 4. The number of non-ortho nitro benzene ring substituents is 1. The summed E-state index contributed by atoms with van der Waals surface area (Å²) in [4.78, 5) is 10.2. The molecule has 0 aliphatic rings. The second kappa shape index (κ2) is 5.20. The van der Waals surface area contributed by atoms with Crippen molar-refractivity contribution in [2.24, 2.45) is 0 Å². The lowest BCUT2D eigenvalue weighted by atomic mass is 10.2. The molecule has 3 rings (SSSR count). The number of hydrogen-bond acceptors (Lipinski definition) is 5. The summed E-state index contributed by atoms with van der Waals surface area (Å²) in [6.07, 6.45) is -0.126. The second-order valence-corrected chi connectivity index (χ2v) is 4.65. The molecule has 1 N–H and O–H groups in total. The van der Waals surface area contributed by atoms with Gasteiger partial charge < -0.3 is 5.32 Å². The van der Waals surface area contributed by atoms with Crippen molar-refractivity contribution >= 4 is 22.4 Å². The van der Waals surface area contributed by atoms with E-state index in [2.05, 4.69) is 15.6 Å². The van der Waals surface area contributed by atoms with Crippen LogP contribution in [-0.2, 0) is 0 Å². The van der Waals surface area contributed by atoms with Gasteiger partial charge in [-0.25, -0.2) is 4.68 Å². The molecule has 2 aromatic carbocycles. The van der Waals surface area contributed by atoms with E-state index in [0.29, 0.717) is 0 Å². The maximum Gasteiger partial charge on any atom is 0.269 e. The minimum absolute atomic E-state index is 0.0689. The summed E-state index contributed by atoms with van der Waals surface area (Å²) >= 11 is 0. The third-order valence-corrected chi connectivity index (χ3v) is 3.20. The maximum absolute atomic E-state index is 10.6. The van der Waals surface area contributed by atoms with Crippen LogP contribution in [0, 0.1) is 10.1 Å². The van der Waals surface area contributed by atoms with Gasteiger partial charge in [0, 0.05) is 17.8 Å². The van der Waals surface area contributed by atoms with Crippen LogP contribution in [0.5, 0.6) is 0 Å². The van der Waals surface area contributed by atoms with Crippen molar-refractivity contribution < 1.29 is 4.92 Å². The van der Waals surface area contributed by atoms with Gasteiger partial charge in [0.05, 0.1) is 10.4 Å². The number of nitro benzene ring substituents is 1. The predicted octanol–water partition coefficient (Wildman–Crippen LogP) is 2.97. The zero-order chi connectivity index (χ0) is 14.8. The van der Waals surface area contributed by atoms with E-state index < -0.39 is 4.92 Å². The van der Waals surface area contributed by atoms with Crippen molar-refractivity contribution in [1.29, 1.82) is 0 Å². The second-order valence-electron chi connectivity index (χ2n) is 4.65. The summed E-state index contributed by atoms with van der Waals surface area (Å²) in [5.74, 6) is 0. The lowest BCUT2D eigenvalue weighted by molar-refractivity contribution is -0.384. The molecule has 21 heavy (non-hydrogen) atoms. The Balaban J connectivity index is 1.82. The number of nitrogens with one attached hydrogen (secondary N) is 1. The number of aromatic nitrogens is 3. The van der Waals surface area contributed by atoms with Gasteiger partial charge in [0.1, 0.15) is 11.7 Å². The number of hydrogen-bond donors (Lipinski definition) is 1. The Kier molecular flexibility index (Phi) is 3.23. The van der Waals surface area contributed by atoms with E-state index in [9.17, 15) is 10.1 Å². The summed E-state index contributed by atoms with van der Waals surface area (Å²) in [7, 11) is 0. The van der Waals surface area contributed by atoms with Crippen LogP contribution in [0.15, 0.2) is 48.5 Å². The highest BCUT2D eigenvalue weighted by Crippen LogP contribution is 2.20.